The lowest BCUT2D eigenvalue weighted by molar-refractivity contribution is -0.142. The molecule has 1 aromatic carbocycles. The third-order valence-electron chi connectivity index (χ3n) is 3.89. The van der Waals surface area contributed by atoms with Gasteiger partial charge >= 0.3 is 5.97 Å². The zero-order valence-electron chi connectivity index (χ0n) is 14.6. The number of halogens is 4. The number of esters is 1. The van der Waals surface area contributed by atoms with Crippen molar-refractivity contribution < 1.29 is 14.3 Å². The molecule has 0 fully saturated rings. The van der Waals surface area contributed by atoms with E-state index in [4.69, 9.17) is 39.5 Å². The molecule has 0 aliphatic heterocycles. The number of benzene rings is 1. The fourth-order valence-corrected chi connectivity index (χ4v) is 4.34. The molecule has 0 aliphatic rings. The highest BCUT2D eigenvalue weighted by atomic mass is 79.9. The molecule has 0 radical (unpaired) electrons. The zero-order chi connectivity index (χ0) is 20.6. The molecule has 10 heteroatoms. The average molecular weight is 507 g/mol. The quantitative estimate of drug-likeness (QED) is 0.468. The molecule has 0 saturated heterocycles. The Morgan fingerprint density at radius 3 is 2.43 bits per heavy atom. The Balaban J connectivity index is 2.37. The summed E-state index contributed by atoms with van der Waals surface area (Å²) in [6.07, 6.45) is 1.33. The van der Waals surface area contributed by atoms with Crippen LogP contribution in [-0.2, 0) is 9.53 Å². The van der Waals surface area contributed by atoms with Crippen molar-refractivity contribution in [3.8, 4) is 11.6 Å². The van der Waals surface area contributed by atoms with Crippen molar-refractivity contribution in [3.63, 3.8) is 0 Å². The van der Waals surface area contributed by atoms with E-state index in [-0.39, 0.29) is 21.7 Å². The molecule has 0 aliphatic carbocycles. The Morgan fingerprint density at radius 2 is 1.82 bits per heavy atom. The van der Waals surface area contributed by atoms with Crippen molar-refractivity contribution in [2.24, 2.45) is 0 Å². The first-order valence-corrected chi connectivity index (χ1v) is 9.72. The van der Waals surface area contributed by atoms with Gasteiger partial charge in [0.2, 0.25) is 5.88 Å². The largest absolute Gasteiger partial charge is 0.466 e. The lowest BCUT2D eigenvalue weighted by Gasteiger charge is -2.19. The van der Waals surface area contributed by atoms with Crippen molar-refractivity contribution >= 4 is 67.6 Å². The van der Waals surface area contributed by atoms with Gasteiger partial charge in [0, 0.05) is 16.2 Å². The highest BCUT2D eigenvalue weighted by Crippen LogP contribution is 2.37. The molecule has 2 heterocycles. The second-order valence-electron chi connectivity index (χ2n) is 5.70. The fraction of sp³-hybridized carbons (Fsp3) is 0.167. The van der Waals surface area contributed by atoms with E-state index in [9.17, 15) is 9.59 Å². The predicted octanol–water partition coefficient (Wildman–Crippen LogP) is 4.97. The molecule has 28 heavy (non-hydrogen) atoms. The first-order valence-electron chi connectivity index (χ1n) is 7.80. The van der Waals surface area contributed by atoms with Crippen molar-refractivity contribution in [1.82, 2.24) is 9.55 Å². The third-order valence-corrected chi connectivity index (χ3v) is 5.21. The van der Waals surface area contributed by atoms with E-state index in [0.29, 0.717) is 31.4 Å². The van der Waals surface area contributed by atoms with E-state index in [1.54, 1.807) is 23.6 Å². The maximum atomic E-state index is 12.7. The Hall–Kier alpha value is -1.80. The fourth-order valence-electron chi connectivity index (χ4n) is 2.74. The molecule has 3 aromatic rings. The van der Waals surface area contributed by atoms with Gasteiger partial charge in [0.15, 0.2) is 12.0 Å². The number of carbonyl (C=O) groups excluding carboxylic acids is 1. The number of rotatable bonds is 4. The smallest absolute Gasteiger partial charge is 0.343 e. The van der Waals surface area contributed by atoms with Crippen molar-refractivity contribution in [2.75, 3.05) is 13.7 Å². The second-order valence-corrected chi connectivity index (χ2v) is 7.84. The molecule has 2 aromatic heterocycles. The summed E-state index contributed by atoms with van der Waals surface area (Å²) in [5, 5.41) is 0.975. The van der Waals surface area contributed by atoms with Gasteiger partial charge in [0.25, 0.3) is 0 Å². The molecule has 0 unspecified atom stereocenters. The van der Waals surface area contributed by atoms with Crippen LogP contribution in [0.15, 0.2) is 33.7 Å². The summed E-state index contributed by atoms with van der Waals surface area (Å²) in [6.45, 7) is 1.31. The molecular weight excluding hydrogens is 494 g/mol. The minimum Gasteiger partial charge on any atom is -0.466 e. The summed E-state index contributed by atoms with van der Waals surface area (Å²) < 4.78 is 12.3. The molecule has 0 amide bonds. The highest BCUT2D eigenvalue weighted by molar-refractivity contribution is 9.10. The summed E-state index contributed by atoms with van der Waals surface area (Å²) in [6, 6.07) is 4.74. The average Bonchev–Trinajstić information content (AvgIpc) is 2.62. The van der Waals surface area contributed by atoms with E-state index in [1.165, 1.54) is 19.4 Å². The second kappa shape index (κ2) is 8.29. The standard InChI is InChI=1S/C18H12BrCl3N2O4/c1-8-3-13(25)15-17(12(22)6-23-18(15)28-7-14(26)27-2)24(8)16-10(20)4-9(19)5-11(16)21/h3-6H,7H2,1-2H3. The molecule has 0 spiro atoms. The van der Waals surface area contributed by atoms with Gasteiger partial charge in [-0.05, 0) is 19.1 Å². The minimum atomic E-state index is -0.615. The number of ether oxygens (including phenoxy) is 2. The lowest BCUT2D eigenvalue weighted by atomic mass is 10.2. The molecule has 3 rings (SSSR count). The topological polar surface area (TPSA) is 70.4 Å². The summed E-state index contributed by atoms with van der Waals surface area (Å²) in [7, 11) is 1.23. The number of hydrogen-bond acceptors (Lipinski definition) is 5. The van der Waals surface area contributed by atoms with Crippen molar-refractivity contribution in [2.45, 2.75) is 6.92 Å². The molecule has 0 atom stereocenters. The van der Waals surface area contributed by atoms with Crippen LogP contribution in [0.4, 0.5) is 0 Å². The maximum Gasteiger partial charge on any atom is 0.343 e. The summed E-state index contributed by atoms with van der Waals surface area (Å²) >= 11 is 22.6. The van der Waals surface area contributed by atoms with Crippen LogP contribution in [-0.4, -0.2) is 29.2 Å². The zero-order valence-corrected chi connectivity index (χ0v) is 18.4. The van der Waals surface area contributed by atoms with Crippen molar-refractivity contribution in [3.05, 3.63) is 59.9 Å². The number of aryl methyl sites for hydroxylation is 1. The van der Waals surface area contributed by atoms with Gasteiger partial charge in [-0.1, -0.05) is 50.7 Å². The van der Waals surface area contributed by atoms with Gasteiger partial charge in [0.05, 0.1) is 39.6 Å². The summed E-state index contributed by atoms with van der Waals surface area (Å²) in [4.78, 5) is 28.2. The molecule has 0 N–H and O–H groups in total. The Labute approximate surface area is 183 Å². The first-order chi connectivity index (χ1) is 13.2. The van der Waals surface area contributed by atoms with E-state index in [2.05, 4.69) is 25.7 Å². The van der Waals surface area contributed by atoms with Gasteiger partial charge in [-0.2, -0.15) is 0 Å². The number of methoxy groups -OCH3 is 1. The number of hydrogen-bond donors (Lipinski definition) is 0. The first kappa shape index (κ1) is 20.9. The van der Waals surface area contributed by atoms with Gasteiger partial charge in [-0.3, -0.25) is 4.79 Å². The van der Waals surface area contributed by atoms with E-state index in [0.717, 1.165) is 0 Å². The Kier molecular flexibility index (Phi) is 6.19. The Bertz CT molecular complexity index is 1140. The van der Waals surface area contributed by atoms with E-state index < -0.39 is 12.6 Å². The van der Waals surface area contributed by atoms with E-state index >= 15 is 0 Å². The molecule has 0 bridgehead atoms. The molecular formula is C18H12BrCl3N2O4. The number of fused-ring (bicyclic) bond motifs is 1. The van der Waals surface area contributed by atoms with Crippen LogP contribution in [0.3, 0.4) is 0 Å². The molecule has 6 nitrogen and oxygen atoms in total. The number of pyridine rings is 2. The van der Waals surface area contributed by atoms with Gasteiger partial charge in [0.1, 0.15) is 5.39 Å². The lowest BCUT2D eigenvalue weighted by Crippen LogP contribution is -2.17. The molecule has 0 saturated carbocycles. The van der Waals surface area contributed by atoms with Crippen LogP contribution in [0.1, 0.15) is 5.69 Å². The molecule has 146 valence electrons. The van der Waals surface area contributed by atoms with Crippen LogP contribution >= 0.6 is 50.7 Å². The Morgan fingerprint density at radius 1 is 1.18 bits per heavy atom. The van der Waals surface area contributed by atoms with E-state index in [1.807, 2.05) is 0 Å². The number of nitrogens with zero attached hydrogens (tertiary/aromatic N) is 2. The SMILES string of the molecule is COC(=O)COc1ncc(Cl)c2c1c(=O)cc(C)n2-c1c(Cl)cc(Br)cc1Cl. The van der Waals surface area contributed by atoms with Crippen molar-refractivity contribution in [1.29, 1.82) is 0 Å². The predicted molar refractivity (Wildman–Crippen MR) is 112 cm³/mol. The van der Waals surface area contributed by atoms with Crippen LogP contribution in [0.2, 0.25) is 15.1 Å². The van der Waals surface area contributed by atoms with Crippen LogP contribution in [0.25, 0.3) is 16.6 Å². The van der Waals surface area contributed by atoms with Crippen LogP contribution in [0.5, 0.6) is 5.88 Å². The van der Waals surface area contributed by atoms with Crippen LogP contribution < -0.4 is 10.2 Å². The minimum absolute atomic E-state index is 0.0482. The summed E-state index contributed by atoms with van der Waals surface area (Å²) in [5.41, 5.74) is 0.937. The van der Waals surface area contributed by atoms with Crippen LogP contribution in [0, 0.1) is 6.92 Å². The third kappa shape index (κ3) is 3.85. The number of aromatic nitrogens is 2. The van der Waals surface area contributed by atoms with Gasteiger partial charge in [-0.15, -0.1) is 0 Å². The maximum absolute atomic E-state index is 12.7. The summed E-state index contributed by atoms with van der Waals surface area (Å²) in [5.74, 6) is -0.663. The van der Waals surface area contributed by atoms with Gasteiger partial charge < -0.3 is 14.0 Å². The highest BCUT2D eigenvalue weighted by Gasteiger charge is 2.21. The number of carbonyl (C=O) groups is 1. The van der Waals surface area contributed by atoms with Gasteiger partial charge in [-0.25, -0.2) is 9.78 Å². The monoisotopic (exact) mass is 504 g/mol. The normalized spacial score (nSPS) is 10.9.